The molecule has 0 spiro atoms. The molecule has 0 aliphatic carbocycles. The first-order valence-electron chi connectivity index (χ1n) is 8.35. The fourth-order valence-corrected chi connectivity index (χ4v) is 1.76. The summed E-state index contributed by atoms with van der Waals surface area (Å²) in [6.07, 6.45) is 12.2. The predicted molar refractivity (Wildman–Crippen MR) is 98.1 cm³/mol. The molecule has 2 amide bonds. The minimum absolute atomic E-state index is 0.331. The van der Waals surface area contributed by atoms with Crippen molar-refractivity contribution in [3.8, 4) is 12.3 Å². The van der Waals surface area contributed by atoms with Crippen LogP contribution in [-0.2, 0) is 18.9 Å². The van der Waals surface area contributed by atoms with Gasteiger partial charge in [0.25, 0.3) is 0 Å². The number of carbonyl (C=O) groups excluding carboxylic acids is 1. The number of carbonyl (C=O) groups is 1. The van der Waals surface area contributed by atoms with Gasteiger partial charge in [-0.1, -0.05) is 5.92 Å². The first-order valence-corrected chi connectivity index (χ1v) is 8.35. The lowest BCUT2D eigenvalue weighted by atomic mass is 10.2. The van der Waals surface area contributed by atoms with Crippen LogP contribution in [0.15, 0.2) is 35.8 Å². The van der Waals surface area contributed by atoms with Gasteiger partial charge in [0.15, 0.2) is 0 Å². The van der Waals surface area contributed by atoms with E-state index in [-0.39, 0.29) is 6.03 Å². The number of hydrogen-bond acceptors (Lipinski definition) is 6. The van der Waals surface area contributed by atoms with Crippen LogP contribution >= 0.6 is 0 Å². The first kappa shape index (κ1) is 21.7. The van der Waals surface area contributed by atoms with Crippen molar-refractivity contribution in [3.05, 3.63) is 35.8 Å². The smallest absolute Gasteiger partial charge is 0.320 e. The summed E-state index contributed by atoms with van der Waals surface area (Å²) in [4.78, 5) is 11.8. The van der Waals surface area contributed by atoms with Crippen molar-refractivity contribution in [2.75, 3.05) is 59.9 Å². The van der Waals surface area contributed by atoms with Crippen LogP contribution in [0, 0.1) is 12.3 Å². The lowest BCUT2D eigenvalue weighted by Crippen LogP contribution is -2.39. The lowest BCUT2D eigenvalue weighted by Gasteiger charge is -2.10. The van der Waals surface area contributed by atoms with Gasteiger partial charge >= 0.3 is 6.03 Å². The molecule has 0 unspecified atom stereocenters. The molecule has 0 aromatic heterocycles. The van der Waals surface area contributed by atoms with E-state index in [1.54, 1.807) is 31.5 Å². The summed E-state index contributed by atoms with van der Waals surface area (Å²) in [5.74, 6) is 3.05. The van der Waals surface area contributed by atoms with Gasteiger partial charge in [-0.05, 0) is 18.2 Å². The van der Waals surface area contributed by atoms with Gasteiger partial charge in [-0.2, -0.15) is 0 Å². The SMILES string of the molecule is C#CC1=CC=C(NC(=O)NCCOCCOCCOCCOC)NC=C1. The molecule has 0 aromatic carbocycles. The van der Waals surface area contributed by atoms with Crippen molar-refractivity contribution in [3.63, 3.8) is 0 Å². The number of ether oxygens (including phenoxy) is 4. The summed E-state index contributed by atoms with van der Waals surface area (Å²) in [6, 6.07) is -0.331. The van der Waals surface area contributed by atoms with Crippen molar-refractivity contribution in [2.24, 2.45) is 0 Å². The van der Waals surface area contributed by atoms with E-state index in [1.807, 2.05) is 0 Å². The fourth-order valence-electron chi connectivity index (χ4n) is 1.76. The van der Waals surface area contributed by atoms with E-state index in [1.165, 1.54) is 0 Å². The highest BCUT2D eigenvalue weighted by atomic mass is 16.6. The largest absolute Gasteiger partial charge is 0.382 e. The van der Waals surface area contributed by atoms with E-state index in [4.69, 9.17) is 25.4 Å². The van der Waals surface area contributed by atoms with Crippen LogP contribution in [0.25, 0.3) is 0 Å². The Bertz CT molecular complexity index is 537. The highest BCUT2D eigenvalue weighted by Crippen LogP contribution is 2.00. The standard InChI is InChI=1S/C18H27N3O5/c1-3-16-4-5-17(19-7-6-16)21-18(22)20-8-9-24-12-13-26-15-14-25-11-10-23-2/h1,4-7,19H,8-15H2,2H3,(H2,20,21,22). The van der Waals surface area contributed by atoms with Gasteiger partial charge in [0.1, 0.15) is 5.82 Å². The lowest BCUT2D eigenvalue weighted by molar-refractivity contribution is 0.00429. The molecule has 0 atom stereocenters. The molecule has 0 saturated carbocycles. The topological polar surface area (TPSA) is 90.1 Å². The summed E-state index contributed by atoms with van der Waals surface area (Å²) in [7, 11) is 1.63. The Labute approximate surface area is 154 Å². The van der Waals surface area contributed by atoms with Crippen LogP contribution < -0.4 is 16.0 Å². The maximum absolute atomic E-state index is 11.8. The molecule has 26 heavy (non-hydrogen) atoms. The molecule has 1 aliphatic heterocycles. The number of nitrogens with one attached hydrogen (secondary N) is 3. The zero-order chi connectivity index (χ0) is 18.9. The number of rotatable bonds is 13. The van der Waals surface area contributed by atoms with E-state index < -0.39 is 0 Å². The Morgan fingerprint density at radius 2 is 1.73 bits per heavy atom. The highest BCUT2D eigenvalue weighted by molar-refractivity contribution is 5.75. The molecule has 8 heteroatoms. The Kier molecular flexibility index (Phi) is 12.5. The molecule has 0 fully saturated rings. The number of hydrogen-bond donors (Lipinski definition) is 3. The fraction of sp³-hybridized carbons (Fsp3) is 0.500. The normalized spacial score (nSPS) is 13.1. The second kappa shape index (κ2) is 15.0. The van der Waals surface area contributed by atoms with Crippen molar-refractivity contribution in [1.82, 2.24) is 16.0 Å². The van der Waals surface area contributed by atoms with Crippen LogP contribution in [-0.4, -0.2) is 65.9 Å². The van der Waals surface area contributed by atoms with Gasteiger partial charge in [-0.15, -0.1) is 6.42 Å². The summed E-state index contributed by atoms with van der Waals surface area (Å²) in [6.45, 7) is 3.91. The Hall–Kier alpha value is -2.31. The van der Waals surface area contributed by atoms with Crippen LogP contribution in [0.4, 0.5) is 4.79 Å². The third-order valence-corrected chi connectivity index (χ3v) is 3.05. The van der Waals surface area contributed by atoms with Crippen molar-refractivity contribution >= 4 is 6.03 Å². The molecule has 0 saturated heterocycles. The Morgan fingerprint density at radius 3 is 2.38 bits per heavy atom. The monoisotopic (exact) mass is 365 g/mol. The minimum Gasteiger partial charge on any atom is -0.382 e. The molecule has 0 aromatic rings. The number of terminal acetylenes is 1. The molecule has 1 heterocycles. The number of urea groups is 1. The summed E-state index contributed by atoms with van der Waals surface area (Å²) >= 11 is 0. The minimum atomic E-state index is -0.331. The van der Waals surface area contributed by atoms with E-state index >= 15 is 0 Å². The molecular weight excluding hydrogens is 338 g/mol. The maximum atomic E-state index is 11.8. The molecule has 1 aliphatic rings. The molecule has 8 nitrogen and oxygen atoms in total. The van der Waals surface area contributed by atoms with Gasteiger partial charge < -0.3 is 29.6 Å². The third-order valence-electron chi connectivity index (χ3n) is 3.05. The third kappa shape index (κ3) is 11.3. The van der Waals surface area contributed by atoms with Gasteiger partial charge in [0.2, 0.25) is 0 Å². The van der Waals surface area contributed by atoms with Gasteiger partial charge in [0.05, 0.1) is 46.2 Å². The van der Waals surface area contributed by atoms with Gasteiger partial charge in [0, 0.05) is 25.4 Å². The van der Waals surface area contributed by atoms with Gasteiger partial charge in [-0.3, -0.25) is 5.32 Å². The van der Waals surface area contributed by atoms with E-state index in [9.17, 15) is 4.79 Å². The molecule has 0 bridgehead atoms. The van der Waals surface area contributed by atoms with E-state index in [2.05, 4.69) is 21.9 Å². The van der Waals surface area contributed by atoms with Crippen LogP contribution in [0.3, 0.4) is 0 Å². The summed E-state index contributed by atoms with van der Waals surface area (Å²) in [5, 5.41) is 8.29. The first-order chi connectivity index (χ1) is 12.8. The number of amides is 2. The number of methoxy groups -OCH3 is 1. The maximum Gasteiger partial charge on any atom is 0.320 e. The van der Waals surface area contributed by atoms with Crippen molar-refractivity contribution < 1.29 is 23.7 Å². The summed E-state index contributed by atoms with van der Waals surface area (Å²) < 4.78 is 20.8. The zero-order valence-electron chi connectivity index (χ0n) is 15.1. The van der Waals surface area contributed by atoms with Crippen LogP contribution in [0.1, 0.15) is 0 Å². The van der Waals surface area contributed by atoms with E-state index in [0.717, 1.165) is 0 Å². The van der Waals surface area contributed by atoms with Crippen LogP contribution in [0.2, 0.25) is 0 Å². The van der Waals surface area contributed by atoms with Crippen molar-refractivity contribution in [2.45, 2.75) is 0 Å². The van der Waals surface area contributed by atoms with Gasteiger partial charge in [-0.25, -0.2) is 4.79 Å². The highest BCUT2D eigenvalue weighted by Gasteiger charge is 2.03. The van der Waals surface area contributed by atoms with Crippen molar-refractivity contribution in [1.29, 1.82) is 0 Å². The molecular formula is C18H27N3O5. The average Bonchev–Trinajstić information content (AvgIpc) is 2.87. The quantitative estimate of drug-likeness (QED) is 0.325. The molecule has 1 rings (SSSR count). The zero-order valence-corrected chi connectivity index (χ0v) is 15.1. The molecule has 0 radical (unpaired) electrons. The Balaban J connectivity index is 1.96. The number of allylic oxidation sites excluding steroid dienone is 4. The second-order valence-corrected chi connectivity index (χ2v) is 5.04. The predicted octanol–water partition coefficient (Wildman–Crippen LogP) is 0.500. The summed E-state index contributed by atoms with van der Waals surface area (Å²) in [5.41, 5.74) is 0.715. The Morgan fingerprint density at radius 1 is 1.08 bits per heavy atom. The molecule has 3 N–H and O–H groups in total. The van der Waals surface area contributed by atoms with Crippen LogP contribution in [0.5, 0.6) is 0 Å². The second-order valence-electron chi connectivity index (χ2n) is 5.04. The molecule has 144 valence electrons. The average molecular weight is 365 g/mol. The van der Waals surface area contributed by atoms with E-state index in [0.29, 0.717) is 64.2 Å².